The van der Waals surface area contributed by atoms with Crippen LogP contribution in [-0.4, -0.2) is 104 Å². The summed E-state index contributed by atoms with van der Waals surface area (Å²) < 4.78 is 0. The van der Waals surface area contributed by atoms with E-state index in [-0.39, 0.29) is 38.1 Å². The zero-order chi connectivity index (χ0) is 35.8. The molecule has 2 aliphatic rings. The third-order valence-corrected chi connectivity index (χ3v) is 9.66. The van der Waals surface area contributed by atoms with E-state index < -0.39 is 59.8 Å². The number of nitrogens with zero attached hydrogens (tertiary/aromatic N) is 2. The summed E-state index contributed by atoms with van der Waals surface area (Å²) in [7, 11) is 0. The van der Waals surface area contributed by atoms with Crippen LogP contribution >= 0.6 is 0 Å². The summed E-state index contributed by atoms with van der Waals surface area (Å²) in [5.41, 5.74) is 14.5. The summed E-state index contributed by atoms with van der Waals surface area (Å²) in [6.45, 7) is 0.953. The van der Waals surface area contributed by atoms with Crippen LogP contribution in [-0.2, 0) is 36.8 Å². The van der Waals surface area contributed by atoms with Crippen molar-refractivity contribution in [3.63, 3.8) is 0 Å². The second-order valence-electron chi connectivity index (χ2n) is 13.2. The molecule has 50 heavy (non-hydrogen) atoms. The molecule has 5 rings (SSSR count). The lowest BCUT2D eigenvalue weighted by atomic mass is 10.0. The Morgan fingerprint density at radius 3 is 2.22 bits per heavy atom. The van der Waals surface area contributed by atoms with Crippen LogP contribution in [0.25, 0.3) is 10.9 Å². The molecule has 268 valence electrons. The maximum atomic E-state index is 14.2. The van der Waals surface area contributed by atoms with Crippen LogP contribution in [0.5, 0.6) is 5.75 Å². The number of benzene rings is 2. The minimum Gasteiger partial charge on any atom is -0.508 e. The summed E-state index contributed by atoms with van der Waals surface area (Å²) >= 11 is 0. The van der Waals surface area contributed by atoms with Crippen molar-refractivity contribution in [2.24, 2.45) is 11.5 Å². The molecular weight excluding hydrogens is 642 g/mol. The van der Waals surface area contributed by atoms with Gasteiger partial charge in [0.15, 0.2) is 0 Å². The standard InChI is InChI=1S/C36H47N7O7/c37-16-4-3-9-28(34(47)43-18-6-11-31(43)36(49)50)40-33(46)30-10-5-17-42(30)35(48)29(19-22-12-14-24(44)15-13-22)41-32(45)26(38)20-23-21-39-27-8-2-1-7-25(23)27/h1-2,7-8,12-15,21,26,28-31,39,44H,3-6,9-11,16-20,37-38H2,(H,40,46)(H,41,45)(H,49,50)/t26-,28-,29-,30-,31-/m0/s1. The number of aromatic amines is 1. The van der Waals surface area contributed by atoms with Gasteiger partial charge in [-0.15, -0.1) is 0 Å². The number of likely N-dealkylation sites (tertiary alicyclic amines) is 2. The number of phenolic OH excluding ortho intramolecular Hbond substituents is 1. The van der Waals surface area contributed by atoms with Gasteiger partial charge in [-0.2, -0.15) is 0 Å². The summed E-state index contributed by atoms with van der Waals surface area (Å²) in [6.07, 6.45) is 5.34. The molecule has 0 radical (unpaired) electrons. The van der Waals surface area contributed by atoms with Gasteiger partial charge >= 0.3 is 5.97 Å². The topological polar surface area (TPSA) is 224 Å². The average molecular weight is 690 g/mol. The highest BCUT2D eigenvalue weighted by molar-refractivity contribution is 5.96. The number of hydrogen-bond acceptors (Lipinski definition) is 8. The van der Waals surface area contributed by atoms with E-state index in [0.29, 0.717) is 50.6 Å². The maximum Gasteiger partial charge on any atom is 0.326 e. The van der Waals surface area contributed by atoms with Gasteiger partial charge in [-0.3, -0.25) is 19.2 Å². The third kappa shape index (κ3) is 8.61. The Morgan fingerprint density at radius 1 is 0.860 bits per heavy atom. The largest absolute Gasteiger partial charge is 0.508 e. The van der Waals surface area contributed by atoms with Gasteiger partial charge in [-0.25, -0.2) is 4.79 Å². The summed E-state index contributed by atoms with van der Waals surface area (Å²) in [5.74, 6) is -3.01. The number of hydrogen-bond donors (Lipinski definition) is 7. The Labute approximate surface area is 290 Å². The van der Waals surface area contributed by atoms with Crippen LogP contribution in [0.1, 0.15) is 56.1 Å². The molecular formula is C36H47N7O7. The van der Waals surface area contributed by atoms with Crippen LogP contribution in [0.3, 0.4) is 0 Å². The van der Waals surface area contributed by atoms with Gasteiger partial charge in [0.1, 0.15) is 29.9 Å². The molecule has 0 aliphatic carbocycles. The molecule has 14 nitrogen and oxygen atoms in total. The van der Waals surface area contributed by atoms with Gasteiger partial charge in [0, 0.05) is 36.6 Å². The minimum atomic E-state index is -1.08. The Balaban J connectivity index is 1.31. The molecule has 2 aromatic carbocycles. The van der Waals surface area contributed by atoms with Crippen LogP contribution in [0.2, 0.25) is 0 Å². The van der Waals surface area contributed by atoms with Crippen molar-refractivity contribution in [1.82, 2.24) is 25.4 Å². The molecule has 5 atom stereocenters. The first-order valence-corrected chi connectivity index (χ1v) is 17.3. The lowest BCUT2D eigenvalue weighted by Gasteiger charge is -2.31. The Bertz CT molecular complexity index is 1680. The molecule has 2 aliphatic heterocycles. The minimum absolute atomic E-state index is 0.0526. The highest BCUT2D eigenvalue weighted by Crippen LogP contribution is 2.24. The van der Waals surface area contributed by atoms with Crippen molar-refractivity contribution in [3.8, 4) is 5.75 Å². The van der Waals surface area contributed by atoms with Crippen LogP contribution < -0.4 is 22.1 Å². The van der Waals surface area contributed by atoms with E-state index in [1.807, 2.05) is 30.5 Å². The fourth-order valence-electron chi connectivity index (χ4n) is 6.99. The molecule has 3 aromatic rings. The highest BCUT2D eigenvalue weighted by atomic mass is 16.4. The van der Waals surface area contributed by atoms with Crippen molar-refractivity contribution in [2.75, 3.05) is 19.6 Å². The molecule has 14 heteroatoms. The van der Waals surface area contributed by atoms with Gasteiger partial charge in [-0.1, -0.05) is 30.3 Å². The number of phenols is 1. The SMILES string of the molecule is NCCCC[C@H](NC(=O)[C@@H]1CCCN1C(=O)[C@H](Cc1ccc(O)cc1)NC(=O)[C@@H](N)Cc1c[nH]c2ccccc12)C(=O)N1CCC[C@H]1C(=O)O. The number of carboxylic acid groups (broad SMARTS) is 1. The number of fused-ring (bicyclic) bond motifs is 1. The van der Waals surface area contributed by atoms with Gasteiger partial charge in [0.25, 0.3) is 0 Å². The van der Waals surface area contributed by atoms with Gasteiger partial charge in [-0.05, 0) is 87.2 Å². The van der Waals surface area contributed by atoms with E-state index in [2.05, 4.69) is 15.6 Å². The molecule has 3 heterocycles. The lowest BCUT2D eigenvalue weighted by Crippen LogP contribution is -2.58. The Morgan fingerprint density at radius 2 is 1.52 bits per heavy atom. The van der Waals surface area contributed by atoms with E-state index >= 15 is 0 Å². The van der Waals surface area contributed by atoms with E-state index in [1.54, 1.807) is 12.1 Å². The Kier molecular flexibility index (Phi) is 12.1. The molecule has 0 unspecified atom stereocenters. The van der Waals surface area contributed by atoms with Crippen molar-refractivity contribution < 1.29 is 34.2 Å². The number of para-hydroxylation sites is 1. The zero-order valence-corrected chi connectivity index (χ0v) is 28.1. The lowest BCUT2D eigenvalue weighted by molar-refractivity contribution is -0.150. The predicted molar refractivity (Wildman–Crippen MR) is 186 cm³/mol. The number of aliphatic carboxylic acids is 1. The van der Waals surface area contributed by atoms with Crippen molar-refractivity contribution >= 4 is 40.5 Å². The van der Waals surface area contributed by atoms with Gasteiger partial charge in [0.05, 0.1) is 6.04 Å². The first-order valence-electron chi connectivity index (χ1n) is 17.3. The van der Waals surface area contributed by atoms with E-state index in [0.717, 1.165) is 16.5 Å². The zero-order valence-electron chi connectivity index (χ0n) is 28.1. The van der Waals surface area contributed by atoms with Crippen molar-refractivity contribution in [1.29, 1.82) is 0 Å². The number of aromatic nitrogens is 1. The van der Waals surface area contributed by atoms with E-state index in [1.165, 1.54) is 21.9 Å². The fraction of sp³-hybridized carbons (Fsp3) is 0.472. The second kappa shape index (κ2) is 16.6. The highest BCUT2D eigenvalue weighted by Gasteiger charge is 2.41. The van der Waals surface area contributed by atoms with Crippen LogP contribution in [0.4, 0.5) is 0 Å². The smallest absolute Gasteiger partial charge is 0.326 e. The second-order valence-corrected chi connectivity index (χ2v) is 13.2. The molecule has 9 N–H and O–H groups in total. The number of unbranched alkanes of at least 4 members (excludes halogenated alkanes) is 1. The molecule has 0 bridgehead atoms. The molecule has 2 saturated heterocycles. The van der Waals surface area contributed by atoms with E-state index in [4.69, 9.17) is 11.5 Å². The van der Waals surface area contributed by atoms with E-state index in [9.17, 15) is 34.2 Å². The Hall–Kier alpha value is -4.95. The fourth-order valence-corrected chi connectivity index (χ4v) is 6.99. The number of carboxylic acids is 1. The van der Waals surface area contributed by atoms with Crippen molar-refractivity contribution in [3.05, 3.63) is 65.9 Å². The first-order chi connectivity index (χ1) is 24.1. The third-order valence-electron chi connectivity index (χ3n) is 9.66. The van der Waals surface area contributed by atoms with Crippen LogP contribution in [0.15, 0.2) is 54.7 Å². The normalized spacial score (nSPS) is 19.2. The average Bonchev–Trinajstić information content (AvgIpc) is 3.88. The summed E-state index contributed by atoms with van der Waals surface area (Å²) in [4.78, 5) is 72.9. The molecule has 1 aromatic heterocycles. The molecule has 2 fully saturated rings. The first kappa shape index (κ1) is 36.3. The number of carbonyl (C=O) groups excluding carboxylic acids is 4. The maximum absolute atomic E-state index is 14.2. The number of rotatable bonds is 15. The number of aromatic hydroxyl groups is 1. The summed E-state index contributed by atoms with van der Waals surface area (Å²) in [5, 5.41) is 26.1. The number of amides is 4. The monoisotopic (exact) mass is 689 g/mol. The predicted octanol–water partition coefficient (Wildman–Crippen LogP) is 1.15. The number of carbonyl (C=O) groups is 5. The van der Waals surface area contributed by atoms with Gasteiger partial charge < -0.3 is 47.1 Å². The summed E-state index contributed by atoms with van der Waals surface area (Å²) in [6, 6.07) is 9.10. The number of nitrogens with two attached hydrogens (primary N) is 2. The van der Waals surface area contributed by atoms with Crippen molar-refractivity contribution in [2.45, 2.75) is 88.0 Å². The van der Waals surface area contributed by atoms with Gasteiger partial charge in [0.2, 0.25) is 23.6 Å². The molecule has 4 amide bonds. The van der Waals surface area contributed by atoms with Crippen LogP contribution in [0, 0.1) is 0 Å². The molecule has 0 saturated carbocycles. The quantitative estimate of drug-likeness (QED) is 0.114. The molecule has 0 spiro atoms. The number of H-pyrrole nitrogens is 1. The number of nitrogens with one attached hydrogen (secondary N) is 3.